The Morgan fingerprint density at radius 3 is 2.90 bits per heavy atom. The van der Waals surface area contributed by atoms with Crippen molar-refractivity contribution < 1.29 is 9.18 Å². The lowest BCUT2D eigenvalue weighted by molar-refractivity contribution is 0.0949. The van der Waals surface area contributed by atoms with Crippen molar-refractivity contribution in [2.45, 2.75) is 46.0 Å². The summed E-state index contributed by atoms with van der Waals surface area (Å²) in [5.41, 5.74) is 1.06. The quantitative estimate of drug-likeness (QED) is 0.882. The summed E-state index contributed by atoms with van der Waals surface area (Å²) in [6.45, 7) is 4.70. The Balaban J connectivity index is 1.78. The van der Waals surface area contributed by atoms with Crippen molar-refractivity contribution in [2.24, 2.45) is 11.8 Å². The molecule has 1 N–H and O–H groups in total. The molecule has 20 heavy (non-hydrogen) atoms. The molecule has 1 saturated carbocycles. The summed E-state index contributed by atoms with van der Waals surface area (Å²) in [6, 6.07) is 4.50. The molecule has 2 unspecified atom stereocenters. The Hall–Kier alpha value is -1.38. The van der Waals surface area contributed by atoms with E-state index in [9.17, 15) is 9.18 Å². The van der Waals surface area contributed by atoms with Crippen LogP contribution in [0.2, 0.25) is 0 Å². The van der Waals surface area contributed by atoms with Gasteiger partial charge in [0.25, 0.3) is 5.91 Å². The summed E-state index contributed by atoms with van der Waals surface area (Å²) in [7, 11) is 0. The molecule has 1 aromatic carbocycles. The fourth-order valence-corrected chi connectivity index (χ4v) is 3.10. The van der Waals surface area contributed by atoms with Gasteiger partial charge in [-0.25, -0.2) is 4.39 Å². The highest BCUT2D eigenvalue weighted by Crippen LogP contribution is 2.30. The summed E-state index contributed by atoms with van der Waals surface area (Å²) in [6.07, 6.45) is 6.28. The molecule has 3 heteroatoms. The Morgan fingerprint density at radius 2 is 2.20 bits per heavy atom. The number of nitrogens with one attached hydrogen (secondary N) is 1. The van der Waals surface area contributed by atoms with Gasteiger partial charge in [0.15, 0.2) is 0 Å². The maximum absolute atomic E-state index is 13.2. The van der Waals surface area contributed by atoms with Crippen LogP contribution in [-0.4, -0.2) is 12.5 Å². The molecule has 1 fully saturated rings. The predicted molar refractivity (Wildman–Crippen MR) is 79.2 cm³/mol. The van der Waals surface area contributed by atoms with Crippen LogP contribution in [0.15, 0.2) is 18.2 Å². The molecule has 0 aliphatic heterocycles. The van der Waals surface area contributed by atoms with Gasteiger partial charge in [0.2, 0.25) is 0 Å². The molecule has 1 aromatic rings. The van der Waals surface area contributed by atoms with Gasteiger partial charge in [-0.15, -0.1) is 0 Å². The van der Waals surface area contributed by atoms with Crippen molar-refractivity contribution in [1.82, 2.24) is 5.32 Å². The summed E-state index contributed by atoms with van der Waals surface area (Å²) in [4.78, 5) is 12.0. The monoisotopic (exact) mass is 277 g/mol. The van der Waals surface area contributed by atoms with Crippen LogP contribution in [0.4, 0.5) is 4.39 Å². The van der Waals surface area contributed by atoms with Crippen LogP contribution in [0.5, 0.6) is 0 Å². The molecule has 0 spiro atoms. The van der Waals surface area contributed by atoms with E-state index in [4.69, 9.17) is 0 Å². The highest BCUT2D eigenvalue weighted by molar-refractivity contribution is 5.94. The van der Waals surface area contributed by atoms with Gasteiger partial charge >= 0.3 is 0 Å². The van der Waals surface area contributed by atoms with Gasteiger partial charge in [0, 0.05) is 12.1 Å². The van der Waals surface area contributed by atoms with Crippen molar-refractivity contribution in [3.63, 3.8) is 0 Å². The number of hydrogen-bond acceptors (Lipinski definition) is 1. The Kier molecular flexibility index (Phi) is 5.16. The topological polar surface area (TPSA) is 29.1 Å². The SMILES string of the molecule is Cc1cc(C(=O)NCCC2CCCC(C)C2)ccc1F. The van der Waals surface area contributed by atoms with Crippen molar-refractivity contribution >= 4 is 5.91 Å². The van der Waals surface area contributed by atoms with Gasteiger partial charge in [-0.05, 0) is 55.4 Å². The lowest BCUT2D eigenvalue weighted by atomic mass is 9.81. The maximum Gasteiger partial charge on any atom is 0.251 e. The van der Waals surface area contributed by atoms with Crippen LogP contribution >= 0.6 is 0 Å². The second-order valence-corrected chi connectivity index (χ2v) is 6.15. The second-order valence-electron chi connectivity index (χ2n) is 6.15. The standard InChI is InChI=1S/C17H24FNO/c1-12-4-3-5-14(10-12)8-9-19-17(20)15-6-7-16(18)13(2)11-15/h6-7,11-12,14H,3-5,8-10H2,1-2H3,(H,19,20). The minimum absolute atomic E-state index is 0.100. The summed E-state index contributed by atoms with van der Waals surface area (Å²) in [5, 5.41) is 2.95. The van der Waals surface area contributed by atoms with Crippen LogP contribution in [0.1, 0.15) is 54.9 Å². The number of benzene rings is 1. The lowest BCUT2D eigenvalue weighted by Crippen LogP contribution is -2.27. The normalized spacial score (nSPS) is 22.6. The fourth-order valence-electron chi connectivity index (χ4n) is 3.10. The zero-order chi connectivity index (χ0) is 14.5. The van der Waals surface area contributed by atoms with Crippen LogP contribution in [0, 0.1) is 24.6 Å². The number of aryl methyl sites for hydroxylation is 1. The number of carbonyl (C=O) groups is 1. The summed E-state index contributed by atoms with van der Waals surface area (Å²) in [5.74, 6) is 1.20. The number of amides is 1. The van der Waals surface area contributed by atoms with E-state index in [0.717, 1.165) is 18.3 Å². The minimum atomic E-state index is -0.266. The average molecular weight is 277 g/mol. The Morgan fingerprint density at radius 1 is 1.40 bits per heavy atom. The summed E-state index contributed by atoms with van der Waals surface area (Å²) < 4.78 is 13.2. The first-order chi connectivity index (χ1) is 9.56. The molecule has 0 saturated heterocycles. The molecular formula is C17H24FNO. The van der Waals surface area contributed by atoms with E-state index in [1.54, 1.807) is 19.1 Å². The molecule has 0 radical (unpaired) electrons. The van der Waals surface area contributed by atoms with Gasteiger partial charge < -0.3 is 5.32 Å². The van der Waals surface area contributed by atoms with Crippen LogP contribution in [0.25, 0.3) is 0 Å². The van der Waals surface area contributed by atoms with Gasteiger partial charge in [0.1, 0.15) is 5.82 Å². The number of rotatable bonds is 4. The first-order valence-electron chi connectivity index (χ1n) is 7.60. The molecule has 0 bridgehead atoms. The molecule has 2 rings (SSSR count). The van der Waals surface area contributed by atoms with Crippen LogP contribution in [-0.2, 0) is 0 Å². The maximum atomic E-state index is 13.2. The van der Waals surface area contributed by atoms with Crippen LogP contribution in [0.3, 0.4) is 0 Å². The predicted octanol–water partition coefficient (Wildman–Crippen LogP) is 4.08. The number of carbonyl (C=O) groups excluding carboxylic acids is 1. The third kappa shape index (κ3) is 4.06. The molecular weight excluding hydrogens is 253 g/mol. The van der Waals surface area contributed by atoms with E-state index < -0.39 is 0 Å². The highest BCUT2D eigenvalue weighted by Gasteiger charge is 2.18. The second kappa shape index (κ2) is 6.87. The molecule has 110 valence electrons. The van der Waals surface area contributed by atoms with E-state index in [2.05, 4.69) is 12.2 Å². The average Bonchev–Trinajstić information content (AvgIpc) is 2.42. The third-order valence-corrected chi connectivity index (χ3v) is 4.30. The van der Waals surface area contributed by atoms with Gasteiger partial charge in [-0.3, -0.25) is 4.79 Å². The van der Waals surface area contributed by atoms with E-state index in [0.29, 0.717) is 17.7 Å². The van der Waals surface area contributed by atoms with E-state index in [-0.39, 0.29) is 11.7 Å². The third-order valence-electron chi connectivity index (χ3n) is 4.30. The van der Waals surface area contributed by atoms with E-state index >= 15 is 0 Å². The van der Waals surface area contributed by atoms with E-state index in [1.807, 2.05) is 0 Å². The zero-order valence-corrected chi connectivity index (χ0v) is 12.4. The highest BCUT2D eigenvalue weighted by atomic mass is 19.1. The molecule has 1 aliphatic rings. The van der Waals surface area contributed by atoms with Gasteiger partial charge in [-0.2, -0.15) is 0 Å². The Labute approximate surface area is 120 Å². The number of halogens is 1. The molecule has 2 nitrogen and oxygen atoms in total. The zero-order valence-electron chi connectivity index (χ0n) is 12.4. The molecule has 2 atom stereocenters. The van der Waals surface area contributed by atoms with Crippen molar-refractivity contribution in [3.05, 3.63) is 35.1 Å². The van der Waals surface area contributed by atoms with Crippen molar-refractivity contribution in [2.75, 3.05) is 6.54 Å². The van der Waals surface area contributed by atoms with Crippen molar-refractivity contribution in [3.8, 4) is 0 Å². The smallest absolute Gasteiger partial charge is 0.251 e. The fraction of sp³-hybridized carbons (Fsp3) is 0.588. The van der Waals surface area contributed by atoms with Crippen LogP contribution < -0.4 is 5.32 Å². The minimum Gasteiger partial charge on any atom is -0.352 e. The molecule has 0 aromatic heterocycles. The number of hydrogen-bond donors (Lipinski definition) is 1. The summed E-state index contributed by atoms with van der Waals surface area (Å²) >= 11 is 0. The molecule has 1 aliphatic carbocycles. The molecule has 1 amide bonds. The van der Waals surface area contributed by atoms with Crippen molar-refractivity contribution in [1.29, 1.82) is 0 Å². The first kappa shape index (κ1) is 15.0. The van der Waals surface area contributed by atoms with Gasteiger partial charge in [-0.1, -0.05) is 26.2 Å². The Bertz CT molecular complexity index is 472. The van der Waals surface area contributed by atoms with Gasteiger partial charge in [0.05, 0.1) is 0 Å². The van der Waals surface area contributed by atoms with E-state index in [1.165, 1.54) is 31.7 Å². The molecule has 0 heterocycles. The largest absolute Gasteiger partial charge is 0.352 e. The lowest BCUT2D eigenvalue weighted by Gasteiger charge is -2.26. The first-order valence-corrected chi connectivity index (χ1v) is 7.60.